The Morgan fingerprint density at radius 1 is 1.47 bits per heavy atom. The predicted octanol–water partition coefficient (Wildman–Crippen LogP) is 3.03. The van der Waals surface area contributed by atoms with Gasteiger partial charge in [0.15, 0.2) is 0 Å². The zero-order valence-corrected chi connectivity index (χ0v) is 11.4. The van der Waals surface area contributed by atoms with Crippen molar-refractivity contribution in [3.63, 3.8) is 0 Å². The average Bonchev–Trinajstić information content (AvgIpc) is 3.17. The fraction of sp³-hybridized carbons (Fsp3) is 0.500. The highest BCUT2D eigenvalue weighted by Crippen LogP contribution is 2.28. The molecule has 0 spiro atoms. The summed E-state index contributed by atoms with van der Waals surface area (Å²) in [7, 11) is 0. The number of amides is 1. The van der Waals surface area contributed by atoms with Crippen molar-refractivity contribution in [2.45, 2.75) is 19.3 Å². The molecule has 1 saturated carbocycles. The fourth-order valence-corrected chi connectivity index (χ4v) is 1.93. The van der Waals surface area contributed by atoms with E-state index in [2.05, 4.69) is 5.32 Å². The number of hydrogen-bond donors (Lipinski definition) is 1. The van der Waals surface area contributed by atoms with Crippen LogP contribution in [0.5, 0.6) is 0 Å². The predicted molar refractivity (Wildman–Crippen MR) is 71.9 cm³/mol. The molecule has 0 heterocycles. The summed E-state index contributed by atoms with van der Waals surface area (Å²) in [6, 6.07) is 3.74. The van der Waals surface area contributed by atoms with Gasteiger partial charge in [0.25, 0.3) is 5.91 Å². The van der Waals surface area contributed by atoms with Gasteiger partial charge >= 0.3 is 0 Å². The lowest BCUT2D eigenvalue weighted by Crippen LogP contribution is -2.25. The van der Waals surface area contributed by atoms with Crippen molar-refractivity contribution in [3.05, 3.63) is 34.6 Å². The SMILES string of the molecule is O=C(NCCCOCC1CC1)c1ccc(F)cc1Cl. The van der Waals surface area contributed by atoms with E-state index in [4.69, 9.17) is 16.3 Å². The van der Waals surface area contributed by atoms with Gasteiger partial charge in [-0.05, 0) is 43.4 Å². The molecule has 1 aromatic carbocycles. The third-order valence-corrected chi connectivity index (χ3v) is 3.29. The Bertz CT molecular complexity index is 449. The van der Waals surface area contributed by atoms with E-state index in [0.29, 0.717) is 18.7 Å². The molecule has 3 nitrogen and oxygen atoms in total. The van der Waals surface area contributed by atoms with Crippen LogP contribution in [-0.4, -0.2) is 25.7 Å². The number of benzene rings is 1. The molecule has 5 heteroatoms. The average molecular weight is 286 g/mol. The maximum Gasteiger partial charge on any atom is 0.252 e. The molecule has 1 aliphatic carbocycles. The van der Waals surface area contributed by atoms with E-state index in [0.717, 1.165) is 25.0 Å². The standard InChI is InChI=1S/C14H17ClFNO2/c15-13-8-11(16)4-5-12(13)14(18)17-6-1-7-19-9-10-2-3-10/h4-5,8,10H,1-3,6-7,9H2,(H,17,18). The third kappa shape index (κ3) is 4.80. The quantitative estimate of drug-likeness (QED) is 0.782. The Balaban J connectivity index is 1.65. The molecule has 1 fully saturated rings. The molecule has 0 unspecified atom stereocenters. The van der Waals surface area contributed by atoms with E-state index in [9.17, 15) is 9.18 Å². The van der Waals surface area contributed by atoms with E-state index in [1.54, 1.807) is 0 Å². The molecule has 1 amide bonds. The minimum Gasteiger partial charge on any atom is -0.381 e. The number of halogens is 2. The van der Waals surface area contributed by atoms with Crippen LogP contribution in [0.3, 0.4) is 0 Å². The topological polar surface area (TPSA) is 38.3 Å². The van der Waals surface area contributed by atoms with Crippen molar-refractivity contribution in [2.24, 2.45) is 5.92 Å². The number of rotatable bonds is 7. The van der Waals surface area contributed by atoms with Gasteiger partial charge in [-0.15, -0.1) is 0 Å². The normalized spacial score (nSPS) is 14.4. The summed E-state index contributed by atoms with van der Waals surface area (Å²) in [5.41, 5.74) is 0.293. The number of carbonyl (C=O) groups excluding carboxylic acids is 1. The molecule has 104 valence electrons. The Morgan fingerprint density at radius 3 is 2.95 bits per heavy atom. The second kappa shape index (κ2) is 6.87. The van der Waals surface area contributed by atoms with Crippen LogP contribution in [0.4, 0.5) is 4.39 Å². The van der Waals surface area contributed by atoms with Gasteiger partial charge in [-0.3, -0.25) is 4.79 Å². The highest BCUT2D eigenvalue weighted by atomic mass is 35.5. The van der Waals surface area contributed by atoms with Crippen LogP contribution in [0.25, 0.3) is 0 Å². The van der Waals surface area contributed by atoms with Gasteiger partial charge in [-0.2, -0.15) is 0 Å². The molecule has 1 N–H and O–H groups in total. The first-order valence-corrected chi connectivity index (χ1v) is 6.85. The highest BCUT2D eigenvalue weighted by Gasteiger charge is 2.20. The maximum absolute atomic E-state index is 12.8. The van der Waals surface area contributed by atoms with Gasteiger partial charge in [-0.1, -0.05) is 11.6 Å². The molecule has 1 aliphatic rings. The summed E-state index contributed by atoms with van der Waals surface area (Å²) in [5.74, 6) is 0.0230. The second-order valence-electron chi connectivity index (χ2n) is 4.75. The molecular weight excluding hydrogens is 269 g/mol. The molecule has 0 atom stereocenters. The highest BCUT2D eigenvalue weighted by molar-refractivity contribution is 6.33. The van der Waals surface area contributed by atoms with E-state index in [1.165, 1.54) is 25.0 Å². The van der Waals surface area contributed by atoms with Crippen molar-refractivity contribution in [3.8, 4) is 0 Å². The maximum atomic E-state index is 12.8. The number of hydrogen-bond acceptors (Lipinski definition) is 2. The Hall–Kier alpha value is -1.13. The summed E-state index contributed by atoms with van der Waals surface area (Å²) in [6.45, 7) is 2.00. The van der Waals surface area contributed by atoms with Crippen LogP contribution >= 0.6 is 11.6 Å². The van der Waals surface area contributed by atoms with Crippen LogP contribution in [0.2, 0.25) is 5.02 Å². The van der Waals surface area contributed by atoms with Gasteiger partial charge < -0.3 is 10.1 Å². The van der Waals surface area contributed by atoms with Crippen LogP contribution in [0, 0.1) is 11.7 Å². The van der Waals surface area contributed by atoms with E-state index < -0.39 is 5.82 Å². The molecule has 1 aromatic rings. The minimum absolute atomic E-state index is 0.127. The summed E-state index contributed by atoms with van der Waals surface area (Å²) in [4.78, 5) is 11.8. The largest absolute Gasteiger partial charge is 0.381 e. The van der Waals surface area contributed by atoms with Crippen molar-refractivity contribution in [2.75, 3.05) is 19.8 Å². The van der Waals surface area contributed by atoms with Crippen molar-refractivity contribution in [1.29, 1.82) is 0 Å². The summed E-state index contributed by atoms with van der Waals surface area (Å²) in [6.07, 6.45) is 3.32. The first kappa shape index (κ1) is 14.3. The first-order valence-electron chi connectivity index (χ1n) is 6.48. The van der Waals surface area contributed by atoms with E-state index >= 15 is 0 Å². The molecular formula is C14H17ClFNO2. The van der Waals surface area contributed by atoms with Gasteiger partial charge in [-0.25, -0.2) is 4.39 Å². The molecule has 0 saturated heterocycles. The monoisotopic (exact) mass is 285 g/mol. The number of carbonyl (C=O) groups is 1. The van der Waals surface area contributed by atoms with Crippen LogP contribution in [-0.2, 0) is 4.74 Å². The number of nitrogens with one attached hydrogen (secondary N) is 1. The molecule has 0 aliphatic heterocycles. The summed E-state index contributed by atoms with van der Waals surface area (Å²) >= 11 is 5.80. The molecule has 0 bridgehead atoms. The fourth-order valence-electron chi connectivity index (χ4n) is 1.68. The van der Waals surface area contributed by atoms with Gasteiger partial charge in [0, 0.05) is 19.8 Å². The van der Waals surface area contributed by atoms with Gasteiger partial charge in [0.2, 0.25) is 0 Å². The lowest BCUT2D eigenvalue weighted by atomic mass is 10.2. The smallest absolute Gasteiger partial charge is 0.252 e. The van der Waals surface area contributed by atoms with Crippen LogP contribution in [0.1, 0.15) is 29.6 Å². The zero-order valence-electron chi connectivity index (χ0n) is 10.6. The van der Waals surface area contributed by atoms with Crippen LogP contribution < -0.4 is 5.32 Å². The van der Waals surface area contributed by atoms with E-state index in [1.807, 2.05) is 0 Å². The zero-order chi connectivity index (χ0) is 13.7. The minimum atomic E-state index is -0.449. The lowest BCUT2D eigenvalue weighted by molar-refractivity contribution is 0.0937. The lowest BCUT2D eigenvalue weighted by Gasteiger charge is -2.07. The summed E-state index contributed by atoms with van der Waals surface area (Å²) < 4.78 is 18.3. The molecule has 2 rings (SSSR count). The second-order valence-corrected chi connectivity index (χ2v) is 5.16. The Labute approximate surface area is 117 Å². The molecule has 0 aromatic heterocycles. The Kier molecular flexibility index (Phi) is 5.16. The van der Waals surface area contributed by atoms with Crippen LogP contribution in [0.15, 0.2) is 18.2 Å². The van der Waals surface area contributed by atoms with Crippen molar-refractivity contribution < 1.29 is 13.9 Å². The van der Waals surface area contributed by atoms with Crippen molar-refractivity contribution in [1.82, 2.24) is 5.32 Å². The van der Waals surface area contributed by atoms with Crippen molar-refractivity contribution >= 4 is 17.5 Å². The Morgan fingerprint density at radius 2 is 2.26 bits per heavy atom. The van der Waals surface area contributed by atoms with Gasteiger partial charge in [0.1, 0.15) is 5.82 Å². The third-order valence-electron chi connectivity index (χ3n) is 2.98. The first-order chi connectivity index (χ1) is 9.16. The van der Waals surface area contributed by atoms with Gasteiger partial charge in [0.05, 0.1) is 10.6 Å². The van der Waals surface area contributed by atoms with E-state index in [-0.39, 0.29) is 10.9 Å². The summed E-state index contributed by atoms with van der Waals surface area (Å²) in [5, 5.41) is 2.86. The molecule has 19 heavy (non-hydrogen) atoms. The molecule has 0 radical (unpaired) electrons. The number of ether oxygens (including phenoxy) is 1.